The lowest BCUT2D eigenvalue weighted by Crippen LogP contribution is -2.32. The maximum absolute atomic E-state index is 12.8. The Hall–Kier alpha value is -3.27. The molecule has 0 N–H and O–H groups in total. The SMILES string of the molecule is Cc1c(C(=O)N(CCC#N)Cc2cccnc2)cccc1[N+](=O)[O-]. The van der Waals surface area contributed by atoms with Crippen LogP contribution in [0.2, 0.25) is 0 Å². The van der Waals surface area contributed by atoms with E-state index in [9.17, 15) is 14.9 Å². The zero-order chi connectivity index (χ0) is 17.5. The number of carbonyl (C=O) groups excluding carboxylic acids is 1. The molecule has 122 valence electrons. The van der Waals surface area contributed by atoms with Gasteiger partial charge in [0.05, 0.1) is 17.4 Å². The highest BCUT2D eigenvalue weighted by Gasteiger charge is 2.22. The van der Waals surface area contributed by atoms with Gasteiger partial charge in [-0.2, -0.15) is 5.26 Å². The van der Waals surface area contributed by atoms with E-state index >= 15 is 0 Å². The summed E-state index contributed by atoms with van der Waals surface area (Å²) in [4.78, 5) is 28.9. The van der Waals surface area contributed by atoms with Gasteiger partial charge in [0.1, 0.15) is 0 Å². The predicted molar refractivity (Wildman–Crippen MR) is 87.0 cm³/mol. The van der Waals surface area contributed by atoms with Crippen LogP contribution in [-0.2, 0) is 6.54 Å². The van der Waals surface area contributed by atoms with Crippen molar-refractivity contribution in [2.45, 2.75) is 19.9 Å². The van der Waals surface area contributed by atoms with Crippen molar-refractivity contribution in [1.82, 2.24) is 9.88 Å². The van der Waals surface area contributed by atoms with E-state index in [0.717, 1.165) is 5.56 Å². The Balaban J connectivity index is 2.33. The quantitative estimate of drug-likeness (QED) is 0.601. The molecule has 1 aromatic carbocycles. The van der Waals surface area contributed by atoms with Crippen LogP contribution in [0.3, 0.4) is 0 Å². The lowest BCUT2D eigenvalue weighted by Gasteiger charge is -2.22. The molecule has 0 atom stereocenters. The van der Waals surface area contributed by atoms with Crippen molar-refractivity contribution < 1.29 is 9.72 Å². The Morgan fingerprint density at radius 1 is 1.38 bits per heavy atom. The van der Waals surface area contributed by atoms with E-state index in [4.69, 9.17) is 5.26 Å². The van der Waals surface area contributed by atoms with Gasteiger partial charge in [-0.1, -0.05) is 12.1 Å². The van der Waals surface area contributed by atoms with E-state index in [2.05, 4.69) is 4.98 Å². The van der Waals surface area contributed by atoms with Gasteiger partial charge in [-0.15, -0.1) is 0 Å². The lowest BCUT2D eigenvalue weighted by atomic mass is 10.1. The molecule has 0 bridgehead atoms. The number of hydrogen-bond acceptors (Lipinski definition) is 5. The zero-order valence-electron chi connectivity index (χ0n) is 13.2. The summed E-state index contributed by atoms with van der Waals surface area (Å²) in [5.74, 6) is -0.338. The van der Waals surface area contributed by atoms with E-state index in [-0.39, 0.29) is 36.7 Å². The molecule has 0 aliphatic rings. The minimum atomic E-state index is -0.507. The van der Waals surface area contributed by atoms with Gasteiger partial charge in [-0.3, -0.25) is 19.9 Å². The van der Waals surface area contributed by atoms with Gasteiger partial charge in [0.25, 0.3) is 11.6 Å². The molecule has 0 saturated carbocycles. The second-order valence-corrected chi connectivity index (χ2v) is 5.20. The highest BCUT2D eigenvalue weighted by molar-refractivity contribution is 5.96. The minimum Gasteiger partial charge on any atom is -0.333 e. The number of nitro groups is 1. The van der Waals surface area contributed by atoms with Crippen LogP contribution in [-0.4, -0.2) is 27.3 Å². The molecule has 0 unspecified atom stereocenters. The molecule has 0 aliphatic heterocycles. The number of nitriles is 1. The van der Waals surface area contributed by atoms with Crippen molar-refractivity contribution in [3.8, 4) is 6.07 Å². The van der Waals surface area contributed by atoms with Gasteiger partial charge < -0.3 is 4.90 Å². The number of pyridine rings is 1. The van der Waals surface area contributed by atoms with E-state index < -0.39 is 4.92 Å². The zero-order valence-corrected chi connectivity index (χ0v) is 13.2. The molecule has 24 heavy (non-hydrogen) atoms. The van der Waals surface area contributed by atoms with Gasteiger partial charge in [0.15, 0.2) is 0 Å². The second kappa shape index (κ2) is 7.83. The Bertz CT molecular complexity index is 784. The minimum absolute atomic E-state index is 0.0949. The maximum atomic E-state index is 12.8. The molecule has 0 radical (unpaired) electrons. The molecular formula is C17H16N4O3. The summed E-state index contributed by atoms with van der Waals surface area (Å²) >= 11 is 0. The molecule has 1 heterocycles. The van der Waals surface area contributed by atoms with E-state index in [0.29, 0.717) is 5.56 Å². The van der Waals surface area contributed by atoms with Gasteiger partial charge >= 0.3 is 0 Å². The fraction of sp³-hybridized carbons (Fsp3) is 0.235. The fourth-order valence-corrected chi connectivity index (χ4v) is 2.37. The first kappa shape index (κ1) is 17.1. The summed E-state index contributed by atoms with van der Waals surface area (Å²) in [6, 6.07) is 10.0. The van der Waals surface area contributed by atoms with Crippen molar-refractivity contribution >= 4 is 11.6 Å². The van der Waals surface area contributed by atoms with Crippen LogP contribution >= 0.6 is 0 Å². The molecular weight excluding hydrogens is 308 g/mol. The average molecular weight is 324 g/mol. The van der Waals surface area contributed by atoms with Crippen LogP contribution in [0.5, 0.6) is 0 Å². The van der Waals surface area contributed by atoms with Crippen molar-refractivity contribution in [3.63, 3.8) is 0 Å². The Morgan fingerprint density at radius 2 is 2.17 bits per heavy atom. The number of nitrogens with zero attached hydrogens (tertiary/aromatic N) is 4. The normalized spacial score (nSPS) is 10.0. The van der Waals surface area contributed by atoms with Crippen LogP contribution < -0.4 is 0 Å². The first-order chi connectivity index (χ1) is 11.5. The van der Waals surface area contributed by atoms with E-state index in [1.165, 1.54) is 17.0 Å². The number of rotatable bonds is 6. The van der Waals surface area contributed by atoms with Crippen LogP contribution in [0, 0.1) is 28.4 Å². The Labute approximate surface area is 139 Å². The number of amides is 1. The van der Waals surface area contributed by atoms with Crippen LogP contribution in [0.15, 0.2) is 42.7 Å². The summed E-state index contributed by atoms with van der Waals surface area (Å²) in [5.41, 5.74) is 1.32. The third-order valence-electron chi connectivity index (χ3n) is 3.61. The van der Waals surface area contributed by atoms with E-state index in [1.807, 2.05) is 12.1 Å². The Kier molecular flexibility index (Phi) is 5.58. The molecule has 0 saturated heterocycles. The molecule has 0 fully saturated rings. The monoisotopic (exact) mass is 324 g/mol. The molecule has 7 heteroatoms. The van der Waals surface area contributed by atoms with Gasteiger partial charge in [-0.05, 0) is 24.6 Å². The predicted octanol–water partition coefficient (Wildman–Crippen LogP) is 2.85. The van der Waals surface area contributed by atoms with Crippen molar-refractivity contribution in [1.29, 1.82) is 5.26 Å². The third-order valence-corrected chi connectivity index (χ3v) is 3.61. The largest absolute Gasteiger partial charge is 0.333 e. The summed E-state index contributed by atoms with van der Waals surface area (Å²) < 4.78 is 0. The number of carbonyl (C=O) groups is 1. The summed E-state index contributed by atoms with van der Waals surface area (Å²) in [7, 11) is 0. The average Bonchev–Trinajstić information content (AvgIpc) is 2.59. The van der Waals surface area contributed by atoms with Crippen LogP contribution in [0.4, 0.5) is 5.69 Å². The number of benzene rings is 1. The first-order valence-electron chi connectivity index (χ1n) is 7.33. The molecule has 1 aromatic heterocycles. The topological polar surface area (TPSA) is 100 Å². The summed E-state index contributed by atoms with van der Waals surface area (Å²) in [6.07, 6.45) is 3.46. The first-order valence-corrected chi connectivity index (χ1v) is 7.33. The van der Waals surface area contributed by atoms with Crippen LogP contribution in [0.1, 0.15) is 27.9 Å². The molecule has 1 amide bonds. The molecule has 0 aliphatic carbocycles. The number of nitro benzene ring substituents is 1. The summed E-state index contributed by atoms with van der Waals surface area (Å²) in [6.45, 7) is 2.08. The van der Waals surface area contributed by atoms with Gasteiger partial charge in [-0.25, -0.2) is 0 Å². The third kappa shape index (κ3) is 3.93. The number of hydrogen-bond donors (Lipinski definition) is 0. The number of aromatic nitrogens is 1. The lowest BCUT2D eigenvalue weighted by molar-refractivity contribution is -0.385. The summed E-state index contributed by atoms with van der Waals surface area (Å²) in [5, 5.41) is 19.9. The van der Waals surface area contributed by atoms with Crippen molar-refractivity contribution in [2.75, 3.05) is 6.54 Å². The standard InChI is InChI=1S/C17H16N4O3/c1-13-15(6-2-7-16(13)21(23)24)17(22)20(10-4-8-18)12-14-5-3-9-19-11-14/h2-3,5-7,9,11H,4,10,12H2,1H3. The van der Waals surface area contributed by atoms with Crippen molar-refractivity contribution in [2.24, 2.45) is 0 Å². The Morgan fingerprint density at radius 3 is 2.79 bits per heavy atom. The second-order valence-electron chi connectivity index (χ2n) is 5.20. The highest BCUT2D eigenvalue weighted by Crippen LogP contribution is 2.23. The molecule has 2 rings (SSSR count). The fourth-order valence-electron chi connectivity index (χ4n) is 2.37. The molecule has 2 aromatic rings. The molecule has 0 spiro atoms. The molecule has 7 nitrogen and oxygen atoms in total. The van der Waals surface area contributed by atoms with Crippen molar-refractivity contribution in [3.05, 3.63) is 69.5 Å². The van der Waals surface area contributed by atoms with Crippen LogP contribution in [0.25, 0.3) is 0 Å². The van der Waals surface area contributed by atoms with E-state index in [1.54, 1.807) is 31.5 Å². The van der Waals surface area contributed by atoms with Gasteiger partial charge in [0.2, 0.25) is 0 Å². The van der Waals surface area contributed by atoms with Gasteiger partial charge in [0, 0.05) is 42.7 Å². The highest BCUT2D eigenvalue weighted by atomic mass is 16.6. The smallest absolute Gasteiger partial charge is 0.273 e. The maximum Gasteiger partial charge on any atom is 0.273 e.